The Hall–Kier alpha value is -3.99. The quantitative estimate of drug-likeness (QED) is 0.296. The molecule has 3 aromatic carbocycles. The number of aryl methyl sites for hydroxylation is 1. The van der Waals surface area contributed by atoms with Crippen LogP contribution < -0.4 is 5.56 Å². The molecule has 0 fully saturated rings. The van der Waals surface area contributed by atoms with Gasteiger partial charge < -0.3 is 4.90 Å². The number of nitrogens with zero attached hydrogens (tertiary/aromatic N) is 3. The number of benzene rings is 3. The summed E-state index contributed by atoms with van der Waals surface area (Å²) in [6, 6.07) is 24.6. The topological polar surface area (TPSA) is 55.2 Å². The van der Waals surface area contributed by atoms with Crippen LogP contribution >= 0.6 is 0 Å². The van der Waals surface area contributed by atoms with Crippen molar-refractivity contribution in [2.45, 2.75) is 39.7 Å². The molecule has 0 aliphatic heterocycles. The first-order chi connectivity index (χ1) is 17.0. The largest absolute Gasteiger partial charge is 0.329 e. The lowest BCUT2D eigenvalue weighted by Crippen LogP contribution is -2.38. The van der Waals surface area contributed by atoms with Gasteiger partial charge in [-0.15, -0.1) is 0 Å². The molecule has 0 aliphatic rings. The summed E-state index contributed by atoms with van der Waals surface area (Å²) in [5, 5.41) is 0.560. The summed E-state index contributed by atoms with van der Waals surface area (Å²) in [5.41, 5.74) is 3.28. The van der Waals surface area contributed by atoms with Crippen LogP contribution in [0.2, 0.25) is 0 Å². The standard InChI is InChI=1S/C30H31N3O2/c1-4-20-32(28(34)19-18-23-13-7-6-8-14-23)27(5-2)29-31-26-17-10-9-16-25(26)30(35)33(29)24-15-11-12-22(3)21-24/h6-19,21,27H,4-5,20H2,1-3H3. The second-order valence-electron chi connectivity index (χ2n) is 8.67. The van der Waals surface area contributed by atoms with E-state index in [0.717, 1.165) is 23.2 Å². The highest BCUT2D eigenvalue weighted by Crippen LogP contribution is 2.27. The predicted molar refractivity (Wildman–Crippen MR) is 143 cm³/mol. The molecule has 1 aromatic heterocycles. The van der Waals surface area contributed by atoms with Crippen molar-refractivity contribution in [1.82, 2.24) is 14.5 Å². The third kappa shape index (κ3) is 5.24. The molecule has 178 valence electrons. The minimum Gasteiger partial charge on any atom is -0.329 e. The molecule has 0 spiro atoms. The highest BCUT2D eigenvalue weighted by atomic mass is 16.2. The highest BCUT2D eigenvalue weighted by molar-refractivity contribution is 5.92. The smallest absolute Gasteiger partial charge is 0.266 e. The average molecular weight is 466 g/mol. The molecule has 4 aromatic rings. The fourth-order valence-electron chi connectivity index (χ4n) is 4.42. The molecule has 0 aliphatic carbocycles. The Morgan fingerprint density at radius 2 is 1.74 bits per heavy atom. The molecule has 0 bridgehead atoms. The Balaban J connectivity index is 1.86. The normalized spacial score (nSPS) is 12.2. The van der Waals surface area contributed by atoms with Crippen molar-refractivity contribution in [3.8, 4) is 5.69 Å². The molecular weight excluding hydrogens is 434 g/mol. The molecule has 1 amide bonds. The Morgan fingerprint density at radius 1 is 1.00 bits per heavy atom. The van der Waals surface area contributed by atoms with Gasteiger partial charge >= 0.3 is 0 Å². The van der Waals surface area contributed by atoms with E-state index >= 15 is 0 Å². The van der Waals surface area contributed by atoms with Crippen LogP contribution in [-0.4, -0.2) is 26.9 Å². The van der Waals surface area contributed by atoms with Crippen molar-refractivity contribution < 1.29 is 4.79 Å². The fraction of sp³-hybridized carbons (Fsp3) is 0.233. The van der Waals surface area contributed by atoms with Crippen LogP contribution in [0.1, 0.15) is 49.7 Å². The van der Waals surface area contributed by atoms with Gasteiger partial charge in [0.15, 0.2) is 0 Å². The van der Waals surface area contributed by atoms with Gasteiger partial charge in [0, 0.05) is 12.6 Å². The number of carbonyl (C=O) groups excluding carboxylic acids is 1. The van der Waals surface area contributed by atoms with Gasteiger partial charge in [-0.05, 0) is 61.2 Å². The van der Waals surface area contributed by atoms with E-state index in [4.69, 9.17) is 4.98 Å². The van der Waals surface area contributed by atoms with Crippen molar-refractivity contribution in [2.24, 2.45) is 0 Å². The zero-order chi connectivity index (χ0) is 24.8. The summed E-state index contributed by atoms with van der Waals surface area (Å²) in [7, 11) is 0. The van der Waals surface area contributed by atoms with E-state index in [-0.39, 0.29) is 17.5 Å². The molecule has 5 heteroatoms. The maximum atomic E-state index is 13.7. The molecule has 4 rings (SSSR count). The lowest BCUT2D eigenvalue weighted by Gasteiger charge is -2.31. The average Bonchev–Trinajstić information content (AvgIpc) is 2.88. The number of para-hydroxylation sites is 1. The number of hydrogen-bond acceptors (Lipinski definition) is 3. The number of hydrogen-bond donors (Lipinski definition) is 0. The van der Waals surface area contributed by atoms with E-state index in [9.17, 15) is 9.59 Å². The van der Waals surface area contributed by atoms with Gasteiger partial charge in [-0.1, -0.05) is 68.4 Å². The molecule has 1 atom stereocenters. The molecule has 1 heterocycles. The zero-order valence-corrected chi connectivity index (χ0v) is 20.5. The van der Waals surface area contributed by atoms with Gasteiger partial charge in [-0.3, -0.25) is 14.2 Å². The highest BCUT2D eigenvalue weighted by Gasteiger charge is 2.27. The van der Waals surface area contributed by atoms with Crippen molar-refractivity contribution in [1.29, 1.82) is 0 Å². The van der Waals surface area contributed by atoms with Crippen LogP contribution in [0.3, 0.4) is 0 Å². The molecule has 1 unspecified atom stereocenters. The van der Waals surface area contributed by atoms with Crippen LogP contribution in [0.25, 0.3) is 22.7 Å². The monoisotopic (exact) mass is 465 g/mol. The SMILES string of the molecule is CCCN(C(=O)C=Cc1ccccc1)C(CC)c1nc2ccccc2c(=O)n1-c1cccc(C)c1. The summed E-state index contributed by atoms with van der Waals surface area (Å²) in [4.78, 5) is 34.0. The molecule has 0 N–H and O–H groups in total. The van der Waals surface area contributed by atoms with E-state index in [1.165, 1.54) is 0 Å². The van der Waals surface area contributed by atoms with E-state index in [1.54, 1.807) is 16.7 Å². The van der Waals surface area contributed by atoms with Crippen molar-refractivity contribution in [3.63, 3.8) is 0 Å². The number of fused-ring (bicyclic) bond motifs is 1. The van der Waals surface area contributed by atoms with Crippen LogP contribution in [0.5, 0.6) is 0 Å². The molecule has 35 heavy (non-hydrogen) atoms. The molecule has 0 saturated heterocycles. The Labute approximate surface area is 206 Å². The van der Waals surface area contributed by atoms with E-state index < -0.39 is 0 Å². The second-order valence-corrected chi connectivity index (χ2v) is 8.67. The van der Waals surface area contributed by atoms with Gasteiger partial charge in [0.2, 0.25) is 5.91 Å². The van der Waals surface area contributed by atoms with Crippen LogP contribution in [0.15, 0.2) is 89.7 Å². The third-order valence-electron chi connectivity index (χ3n) is 6.09. The first-order valence-corrected chi connectivity index (χ1v) is 12.2. The number of rotatable bonds is 8. The van der Waals surface area contributed by atoms with Crippen molar-refractivity contribution in [3.05, 3.63) is 112 Å². The molecule has 0 saturated carbocycles. The van der Waals surface area contributed by atoms with Crippen molar-refractivity contribution in [2.75, 3.05) is 6.54 Å². The summed E-state index contributed by atoms with van der Waals surface area (Å²) in [6.45, 7) is 6.65. The first kappa shape index (κ1) is 24.1. The summed E-state index contributed by atoms with van der Waals surface area (Å²) in [6.07, 6.45) is 4.87. The van der Waals surface area contributed by atoms with Gasteiger partial charge in [-0.2, -0.15) is 0 Å². The molecular formula is C30H31N3O2. The lowest BCUT2D eigenvalue weighted by atomic mass is 10.1. The maximum absolute atomic E-state index is 13.7. The fourth-order valence-corrected chi connectivity index (χ4v) is 4.42. The minimum atomic E-state index is -0.360. The maximum Gasteiger partial charge on any atom is 0.266 e. The van der Waals surface area contributed by atoms with Gasteiger partial charge in [0.25, 0.3) is 5.56 Å². The first-order valence-electron chi connectivity index (χ1n) is 12.2. The third-order valence-corrected chi connectivity index (χ3v) is 6.09. The number of aromatic nitrogens is 2. The minimum absolute atomic E-state index is 0.0965. The van der Waals surface area contributed by atoms with Gasteiger partial charge in [-0.25, -0.2) is 4.98 Å². The number of carbonyl (C=O) groups is 1. The summed E-state index contributed by atoms with van der Waals surface area (Å²) in [5.74, 6) is 0.484. The Kier molecular flexibility index (Phi) is 7.56. The molecule has 5 nitrogen and oxygen atoms in total. The Morgan fingerprint density at radius 3 is 2.46 bits per heavy atom. The summed E-state index contributed by atoms with van der Waals surface area (Å²) >= 11 is 0. The van der Waals surface area contributed by atoms with Crippen LogP contribution in [0, 0.1) is 6.92 Å². The van der Waals surface area contributed by atoms with Gasteiger partial charge in [0.05, 0.1) is 22.6 Å². The second kappa shape index (κ2) is 11.0. The van der Waals surface area contributed by atoms with Crippen LogP contribution in [0.4, 0.5) is 0 Å². The number of amides is 1. The van der Waals surface area contributed by atoms with Crippen molar-refractivity contribution >= 4 is 22.9 Å². The molecule has 0 radical (unpaired) electrons. The zero-order valence-electron chi connectivity index (χ0n) is 20.5. The van der Waals surface area contributed by atoms with E-state index in [0.29, 0.717) is 29.7 Å². The van der Waals surface area contributed by atoms with Crippen LogP contribution in [-0.2, 0) is 4.79 Å². The lowest BCUT2D eigenvalue weighted by molar-refractivity contribution is -0.128. The van der Waals surface area contributed by atoms with E-state index in [1.807, 2.05) is 97.6 Å². The van der Waals surface area contributed by atoms with Gasteiger partial charge in [0.1, 0.15) is 5.82 Å². The Bertz CT molecular complexity index is 1410. The summed E-state index contributed by atoms with van der Waals surface area (Å²) < 4.78 is 1.68. The predicted octanol–water partition coefficient (Wildman–Crippen LogP) is 6.10. The van der Waals surface area contributed by atoms with E-state index in [2.05, 4.69) is 6.92 Å².